The number of hydrogen-bond acceptors (Lipinski definition) is 4. The second-order valence-electron chi connectivity index (χ2n) is 5.81. The number of amides is 1. The molecule has 0 saturated carbocycles. The number of carbonyl (C=O) groups is 1. The summed E-state index contributed by atoms with van der Waals surface area (Å²) in [7, 11) is 0. The highest BCUT2D eigenvalue weighted by molar-refractivity contribution is 5.88. The summed E-state index contributed by atoms with van der Waals surface area (Å²) in [6.45, 7) is 7.43. The Bertz CT molecular complexity index is 767. The topological polar surface area (TPSA) is 73.7 Å². The van der Waals surface area contributed by atoms with E-state index in [1.807, 2.05) is 43.3 Å². The molecule has 0 fully saturated rings. The number of benzene rings is 2. The Morgan fingerprint density at radius 1 is 1.28 bits per heavy atom. The van der Waals surface area contributed by atoms with Crippen LogP contribution in [0, 0.1) is 6.92 Å². The number of phenolic OH excluding ortho intramolecular Hbond substituents is 1. The van der Waals surface area contributed by atoms with Crippen LogP contribution < -0.4 is 10.7 Å². The number of nitrogens with one attached hydrogen (secondary N) is 2. The van der Waals surface area contributed by atoms with Crippen molar-refractivity contribution in [3.8, 4) is 5.75 Å². The summed E-state index contributed by atoms with van der Waals surface area (Å²) in [5.74, 6) is -0.121. The number of anilines is 1. The average Bonchev–Trinajstić information content (AvgIpc) is 2.60. The van der Waals surface area contributed by atoms with Crippen molar-refractivity contribution in [3.63, 3.8) is 0 Å². The number of hydrazone groups is 1. The molecule has 0 aliphatic rings. The van der Waals surface area contributed by atoms with Crippen molar-refractivity contribution in [2.45, 2.75) is 26.3 Å². The van der Waals surface area contributed by atoms with Crippen molar-refractivity contribution in [3.05, 3.63) is 71.8 Å². The molecule has 0 aliphatic carbocycles. The Hall–Kier alpha value is -3.08. The number of carbonyl (C=O) groups excluding carboxylic acids is 1. The van der Waals surface area contributed by atoms with E-state index in [2.05, 4.69) is 22.4 Å². The standard InChI is InChI=1S/C20H23N3O2/c1-4-6-16-7-5-8-17(19(16)24)13-21-23-20(25)15(3)22-18-11-9-14(2)10-12-18/h4-5,7-13,15,22,24H,1,6H2,2-3H3,(H,23,25)/t15-/m0/s1. The van der Waals surface area contributed by atoms with E-state index < -0.39 is 6.04 Å². The summed E-state index contributed by atoms with van der Waals surface area (Å²) in [6, 6.07) is 12.7. The van der Waals surface area contributed by atoms with Crippen molar-refractivity contribution >= 4 is 17.8 Å². The van der Waals surface area contributed by atoms with Crippen molar-refractivity contribution in [2.24, 2.45) is 5.10 Å². The van der Waals surface area contributed by atoms with Gasteiger partial charge in [0, 0.05) is 11.3 Å². The zero-order chi connectivity index (χ0) is 18.2. The van der Waals surface area contributed by atoms with Crippen LogP contribution in [0.2, 0.25) is 0 Å². The van der Waals surface area contributed by atoms with E-state index in [0.29, 0.717) is 12.0 Å². The van der Waals surface area contributed by atoms with Gasteiger partial charge in [0.15, 0.2) is 0 Å². The minimum Gasteiger partial charge on any atom is -0.507 e. The van der Waals surface area contributed by atoms with E-state index in [4.69, 9.17) is 0 Å². The number of allylic oxidation sites excluding steroid dienone is 1. The van der Waals surface area contributed by atoms with Crippen molar-refractivity contribution in [1.82, 2.24) is 5.43 Å². The Balaban J connectivity index is 1.94. The van der Waals surface area contributed by atoms with Gasteiger partial charge in [0.1, 0.15) is 11.8 Å². The lowest BCUT2D eigenvalue weighted by atomic mass is 10.1. The molecule has 3 N–H and O–H groups in total. The molecule has 2 aromatic carbocycles. The molecule has 0 aromatic heterocycles. The Labute approximate surface area is 148 Å². The van der Waals surface area contributed by atoms with Gasteiger partial charge >= 0.3 is 0 Å². The van der Waals surface area contributed by atoms with Crippen LogP contribution >= 0.6 is 0 Å². The third-order valence-corrected chi connectivity index (χ3v) is 3.72. The SMILES string of the molecule is C=CCc1cccc(C=NNC(=O)[C@H](C)Nc2ccc(C)cc2)c1O. The van der Waals surface area contributed by atoms with Gasteiger partial charge in [0.05, 0.1) is 6.21 Å². The summed E-state index contributed by atoms with van der Waals surface area (Å²) in [5.41, 5.74) is 5.81. The molecule has 2 rings (SSSR count). The fourth-order valence-electron chi connectivity index (χ4n) is 2.26. The third-order valence-electron chi connectivity index (χ3n) is 3.72. The van der Waals surface area contributed by atoms with Gasteiger partial charge in [-0.1, -0.05) is 35.9 Å². The van der Waals surface area contributed by atoms with E-state index in [1.165, 1.54) is 6.21 Å². The number of nitrogens with zero attached hydrogens (tertiary/aromatic N) is 1. The molecule has 0 radical (unpaired) electrons. The molecule has 0 spiro atoms. The van der Waals surface area contributed by atoms with Crippen LogP contribution in [-0.2, 0) is 11.2 Å². The first-order valence-corrected chi connectivity index (χ1v) is 8.09. The highest BCUT2D eigenvalue weighted by Crippen LogP contribution is 2.21. The third kappa shape index (κ3) is 5.21. The lowest BCUT2D eigenvalue weighted by Gasteiger charge is -2.13. The fraction of sp³-hybridized carbons (Fsp3) is 0.200. The Morgan fingerprint density at radius 2 is 2.00 bits per heavy atom. The first kappa shape index (κ1) is 18.3. The number of phenols is 1. The molecule has 0 heterocycles. The first-order valence-electron chi connectivity index (χ1n) is 8.09. The van der Waals surface area contributed by atoms with Gasteiger partial charge < -0.3 is 10.4 Å². The highest BCUT2D eigenvalue weighted by atomic mass is 16.3. The molecule has 0 saturated heterocycles. The zero-order valence-electron chi connectivity index (χ0n) is 14.5. The minimum atomic E-state index is -0.444. The predicted octanol–water partition coefficient (Wildman–Crippen LogP) is 3.38. The summed E-state index contributed by atoms with van der Waals surface area (Å²) in [6.07, 6.45) is 3.71. The van der Waals surface area contributed by atoms with Gasteiger partial charge in [0.25, 0.3) is 5.91 Å². The van der Waals surface area contributed by atoms with Crippen LogP contribution in [0.4, 0.5) is 5.69 Å². The summed E-state index contributed by atoms with van der Waals surface area (Å²) in [4.78, 5) is 12.1. The largest absolute Gasteiger partial charge is 0.507 e. The quantitative estimate of drug-likeness (QED) is 0.412. The number of rotatable bonds is 7. The van der Waals surface area contributed by atoms with Crippen LogP contribution in [-0.4, -0.2) is 23.3 Å². The van der Waals surface area contributed by atoms with Gasteiger partial charge in [-0.15, -0.1) is 6.58 Å². The molecule has 0 aliphatic heterocycles. The van der Waals surface area contributed by atoms with E-state index in [-0.39, 0.29) is 11.7 Å². The maximum Gasteiger partial charge on any atom is 0.262 e. The van der Waals surface area contributed by atoms with Crippen LogP contribution in [0.25, 0.3) is 0 Å². The van der Waals surface area contributed by atoms with Gasteiger partial charge in [0.2, 0.25) is 0 Å². The monoisotopic (exact) mass is 337 g/mol. The summed E-state index contributed by atoms with van der Waals surface area (Å²) in [5, 5.41) is 17.2. The molecule has 1 amide bonds. The van der Waals surface area contributed by atoms with Crippen molar-refractivity contribution < 1.29 is 9.90 Å². The van der Waals surface area contributed by atoms with Gasteiger partial charge in [-0.2, -0.15) is 5.10 Å². The Kier molecular flexibility index (Phi) is 6.34. The van der Waals surface area contributed by atoms with Crippen LogP contribution in [0.1, 0.15) is 23.6 Å². The molecule has 0 unspecified atom stereocenters. The van der Waals surface area contributed by atoms with E-state index in [1.54, 1.807) is 19.1 Å². The number of para-hydroxylation sites is 1. The maximum absolute atomic E-state index is 12.1. The van der Waals surface area contributed by atoms with Gasteiger partial charge in [-0.3, -0.25) is 4.79 Å². The summed E-state index contributed by atoms with van der Waals surface area (Å²) >= 11 is 0. The molecule has 130 valence electrons. The molecule has 2 aromatic rings. The van der Waals surface area contributed by atoms with Crippen LogP contribution in [0.15, 0.2) is 60.2 Å². The summed E-state index contributed by atoms with van der Waals surface area (Å²) < 4.78 is 0. The molecule has 5 heteroatoms. The molecule has 1 atom stereocenters. The van der Waals surface area contributed by atoms with Gasteiger partial charge in [-0.25, -0.2) is 5.43 Å². The van der Waals surface area contributed by atoms with Gasteiger partial charge in [-0.05, 0) is 44.0 Å². The van der Waals surface area contributed by atoms with Crippen molar-refractivity contribution in [1.29, 1.82) is 0 Å². The second-order valence-corrected chi connectivity index (χ2v) is 5.81. The molecule has 5 nitrogen and oxygen atoms in total. The Morgan fingerprint density at radius 3 is 2.68 bits per heavy atom. The average molecular weight is 337 g/mol. The van der Waals surface area contributed by atoms with Crippen molar-refractivity contribution in [2.75, 3.05) is 5.32 Å². The molecular weight excluding hydrogens is 314 g/mol. The lowest BCUT2D eigenvalue weighted by molar-refractivity contribution is -0.121. The number of hydrogen-bond donors (Lipinski definition) is 3. The fourth-order valence-corrected chi connectivity index (χ4v) is 2.26. The number of aryl methyl sites for hydroxylation is 1. The molecular formula is C20H23N3O2. The van der Waals surface area contributed by atoms with Crippen LogP contribution in [0.3, 0.4) is 0 Å². The highest BCUT2D eigenvalue weighted by Gasteiger charge is 2.11. The van der Waals surface area contributed by atoms with E-state index in [9.17, 15) is 9.90 Å². The van der Waals surface area contributed by atoms with E-state index in [0.717, 1.165) is 16.8 Å². The zero-order valence-corrected chi connectivity index (χ0v) is 14.5. The number of aromatic hydroxyl groups is 1. The molecule has 0 bridgehead atoms. The first-order chi connectivity index (χ1) is 12.0. The predicted molar refractivity (Wildman–Crippen MR) is 102 cm³/mol. The molecule has 25 heavy (non-hydrogen) atoms. The lowest BCUT2D eigenvalue weighted by Crippen LogP contribution is -2.34. The maximum atomic E-state index is 12.1. The normalized spacial score (nSPS) is 11.9. The van der Waals surface area contributed by atoms with Crippen LogP contribution in [0.5, 0.6) is 5.75 Å². The van der Waals surface area contributed by atoms with E-state index >= 15 is 0 Å². The minimum absolute atomic E-state index is 0.145. The smallest absolute Gasteiger partial charge is 0.262 e. The second kappa shape index (κ2) is 8.68.